The zero-order valence-electron chi connectivity index (χ0n) is 10.2. The van der Waals surface area contributed by atoms with Crippen LogP contribution in [0.4, 0.5) is 5.69 Å². The predicted molar refractivity (Wildman–Crippen MR) is 67.7 cm³/mol. The van der Waals surface area contributed by atoms with Gasteiger partial charge in [0.1, 0.15) is 0 Å². The van der Waals surface area contributed by atoms with E-state index in [1.807, 2.05) is 0 Å². The standard InChI is InChI=1S/C10H14N2O6S/c1-17-9-4-3-8(12(13)14)7-10(9)18-5-2-6-19(11,15)16/h3-4,7H,2,5-6H2,1H3,(H2,11,15,16). The zero-order chi connectivity index (χ0) is 14.5. The van der Waals surface area contributed by atoms with Gasteiger partial charge in [0.15, 0.2) is 11.5 Å². The molecule has 8 nitrogen and oxygen atoms in total. The maximum absolute atomic E-state index is 10.7. The highest BCUT2D eigenvalue weighted by Crippen LogP contribution is 2.31. The molecule has 0 radical (unpaired) electrons. The molecular formula is C10H14N2O6S. The Morgan fingerprint density at radius 1 is 1.37 bits per heavy atom. The quantitative estimate of drug-likeness (QED) is 0.447. The highest BCUT2D eigenvalue weighted by molar-refractivity contribution is 7.89. The first-order chi connectivity index (χ1) is 8.83. The van der Waals surface area contributed by atoms with E-state index in [2.05, 4.69) is 0 Å². The van der Waals surface area contributed by atoms with Gasteiger partial charge in [-0.1, -0.05) is 0 Å². The van der Waals surface area contributed by atoms with Crippen molar-refractivity contribution in [3.05, 3.63) is 28.3 Å². The van der Waals surface area contributed by atoms with Crippen LogP contribution in [0.15, 0.2) is 18.2 Å². The Hall–Kier alpha value is -1.87. The second kappa shape index (κ2) is 6.34. The monoisotopic (exact) mass is 290 g/mol. The maximum Gasteiger partial charge on any atom is 0.273 e. The fourth-order valence-corrected chi connectivity index (χ4v) is 1.85. The fraction of sp³-hybridized carbons (Fsp3) is 0.400. The number of nitro groups is 1. The molecule has 0 aliphatic rings. The lowest BCUT2D eigenvalue weighted by molar-refractivity contribution is -0.385. The van der Waals surface area contributed by atoms with Crippen LogP contribution in [0, 0.1) is 10.1 Å². The number of hydrogen-bond acceptors (Lipinski definition) is 6. The van der Waals surface area contributed by atoms with Crippen LogP contribution in [0.3, 0.4) is 0 Å². The number of nitro benzene ring substituents is 1. The topological polar surface area (TPSA) is 122 Å². The van der Waals surface area contributed by atoms with Gasteiger partial charge in [-0.25, -0.2) is 13.6 Å². The van der Waals surface area contributed by atoms with E-state index in [-0.39, 0.29) is 30.2 Å². The molecule has 0 aromatic heterocycles. The number of non-ortho nitro benzene ring substituents is 1. The van der Waals surface area contributed by atoms with Gasteiger partial charge in [-0.15, -0.1) is 0 Å². The van der Waals surface area contributed by atoms with Gasteiger partial charge in [0.25, 0.3) is 5.69 Å². The van der Waals surface area contributed by atoms with Crippen molar-refractivity contribution in [2.24, 2.45) is 5.14 Å². The molecule has 1 aromatic rings. The summed E-state index contributed by atoms with van der Waals surface area (Å²) in [5, 5.41) is 15.5. The molecule has 0 bridgehead atoms. The van der Waals surface area contributed by atoms with Crippen LogP contribution in [0.1, 0.15) is 6.42 Å². The van der Waals surface area contributed by atoms with Gasteiger partial charge in [-0.2, -0.15) is 0 Å². The number of primary sulfonamides is 1. The molecule has 0 amide bonds. The van der Waals surface area contributed by atoms with Gasteiger partial charge < -0.3 is 9.47 Å². The van der Waals surface area contributed by atoms with Crippen LogP contribution in [0.2, 0.25) is 0 Å². The minimum absolute atomic E-state index is 0.0635. The normalized spacial score (nSPS) is 11.1. The molecule has 1 aromatic carbocycles. The smallest absolute Gasteiger partial charge is 0.273 e. The van der Waals surface area contributed by atoms with Gasteiger partial charge >= 0.3 is 0 Å². The Balaban J connectivity index is 2.70. The summed E-state index contributed by atoms with van der Waals surface area (Å²) in [5.74, 6) is 0.303. The molecule has 0 fully saturated rings. The fourth-order valence-electron chi connectivity index (χ4n) is 1.33. The summed E-state index contributed by atoms with van der Waals surface area (Å²) in [4.78, 5) is 10.1. The molecule has 0 saturated heterocycles. The van der Waals surface area contributed by atoms with E-state index in [0.29, 0.717) is 5.75 Å². The molecule has 0 heterocycles. The molecule has 0 saturated carbocycles. The average Bonchev–Trinajstić information content (AvgIpc) is 2.33. The molecule has 9 heteroatoms. The lowest BCUT2D eigenvalue weighted by atomic mass is 10.3. The van der Waals surface area contributed by atoms with Gasteiger partial charge in [-0.3, -0.25) is 10.1 Å². The summed E-state index contributed by atoms with van der Waals surface area (Å²) in [7, 11) is -2.13. The molecule has 0 aliphatic carbocycles. The molecule has 0 spiro atoms. The minimum Gasteiger partial charge on any atom is -0.493 e. The van der Waals surface area contributed by atoms with E-state index >= 15 is 0 Å². The number of methoxy groups -OCH3 is 1. The third-order valence-electron chi connectivity index (χ3n) is 2.19. The maximum atomic E-state index is 10.7. The summed E-state index contributed by atoms with van der Waals surface area (Å²) in [6.45, 7) is 0.0635. The van der Waals surface area contributed by atoms with Gasteiger partial charge in [0, 0.05) is 6.07 Å². The minimum atomic E-state index is -3.54. The third-order valence-corrected chi connectivity index (χ3v) is 3.05. The number of nitrogens with two attached hydrogens (primary N) is 1. The summed E-state index contributed by atoms with van der Waals surface area (Å²) >= 11 is 0. The van der Waals surface area contributed by atoms with E-state index in [9.17, 15) is 18.5 Å². The van der Waals surface area contributed by atoms with Crippen LogP contribution in [-0.2, 0) is 10.0 Å². The first-order valence-corrected chi connectivity index (χ1v) is 7.01. The van der Waals surface area contributed by atoms with Crippen LogP contribution in [0.25, 0.3) is 0 Å². The lowest BCUT2D eigenvalue weighted by Crippen LogP contribution is -2.18. The molecule has 0 atom stereocenters. The number of ether oxygens (including phenoxy) is 2. The number of nitrogens with zero attached hydrogens (tertiary/aromatic N) is 1. The van der Waals surface area contributed by atoms with Crippen molar-refractivity contribution in [3.8, 4) is 11.5 Å². The van der Waals surface area contributed by atoms with Crippen LogP contribution < -0.4 is 14.6 Å². The lowest BCUT2D eigenvalue weighted by Gasteiger charge is -2.09. The Morgan fingerprint density at radius 2 is 2.05 bits per heavy atom. The van der Waals surface area contributed by atoms with Crippen molar-refractivity contribution in [2.75, 3.05) is 19.5 Å². The molecule has 0 aliphatic heterocycles. The molecule has 0 unspecified atom stereocenters. The Morgan fingerprint density at radius 3 is 2.58 bits per heavy atom. The third kappa shape index (κ3) is 5.10. The summed E-state index contributed by atoms with van der Waals surface area (Å²) in [5.41, 5.74) is -0.137. The molecule has 2 N–H and O–H groups in total. The van der Waals surface area contributed by atoms with Gasteiger partial charge in [0.2, 0.25) is 10.0 Å². The van der Waals surface area contributed by atoms with E-state index in [4.69, 9.17) is 14.6 Å². The van der Waals surface area contributed by atoms with Crippen molar-refractivity contribution in [1.82, 2.24) is 0 Å². The molecule has 106 valence electrons. The number of rotatable bonds is 7. The Kier molecular flexibility index (Phi) is 5.07. The van der Waals surface area contributed by atoms with E-state index in [1.54, 1.807) is 0 Å². The van der Waals surface area contributed by atoms with E-state index in [1.165, 1.54) is 25.3 Å². The predicted octanol–water partition coefficient (Wildman–Crippen LogP) is 0.661. The first kappa shape index (κ1) is 15.2. The number of sulfonamides is 1. The van der Waals surface area contributed by atoms with Crippen LogP contribution >= 0.6 is 0 Å². The number of benzene rings is 1. The SMILES string of the molecule is COc1ccc([N+](=O)[O-])cc1OCCCS(N)(=O)=O. The molecule has 1 rings (SSSR count). The second-order valence-corrected chi connectivity index (χ2v) is 5.40. The van der Waals surface area contributed by atoms with Crippen molar-refractivity contribution >= 4 is 15.7 Å². The summed E-state index contributed by atoms with van der Waals surface area (Å²) < 4.78 is 31.7. The largest absolute Gasteiger partial charge is 0.493 e. The van der Waals surface area contributed by atoms with Gasteiger partial charge in [0.05, 0.1) is 30.5 Å². The molecular weight excluding hydrogens is 276 g/mol. The second-order valence-electron chi connectivity index (χ2n) is 3.66. The van der Waals surface area contributed by atoms with E-state index in [0.717, 1.165) is 0 Å². The first-order valence-electron chi connectivity index (χ1n) is 5.29. The van der Waals surface area contributed by atoms with Gasteiger partial charge in [-0.05, 0) is 12.5 Å². The summed E-state index contributed by atoms with van der Waals surface area (Å²) in [6, 6.07) is 3.92. The van der Waals surface area contributed by atoms with Crippen molar-refractivity contribution in [1.29, 1.82) is 0 Å². The van der Waals surface area contributed by atoms with Crippen molar-refractivity contribution in [2.45, 2.75) is 6.42 Å². The van der Waals surface area contributed by atoms with E-state index < -0.39 is 14.9 Å². The van der Waals surface area contributed by atoms with Crippen LogP contribution in [0.5, 0.6) is 11.5 Å². The van der Waals surface area contributed by atoms with Crippen LogP contribution in [-0.4, -0.2) is 32.8 Å². The zero-order valence-corrected chi connectivity index (χ0v) is 11.1. The highest BCUT2D eigenvalue weighted by atomic mass is 32.2. The highest BCUT2D eigenvalue weighted by Gasteiger charge is 2.12. The van der Waals surface area contributed by atoms with Crippen molar-refractivity contribution < 1.29 is 22.8 Å². The Bertz CT molecular complexity index is 557. The Labute approximate surface area is 110 Å². The molecule has 19 heavy (non-hydrogen) atoms. The summed E-state index contributed by atoms with van der Waals surface area (Å²) in [6.07, 6.45) is 0.185. The average molecular weight is 290 g/mol. The van der Waals surface area contributed by atoms with Crippen molar-refractivity contribution in [3.63, 3.8) is 0 Å². The number of hydrogen-bond donors (Lipinski definition) is 1.